The Balaban J connectivity index is 1.81. The first-order valence-electron chi connectivity index (χ1n) is 5.97. The van der Waals surface area contributed by atoms with Crippen molar-refractivity contribution in [3.05, 3.63) is 12.2 Å². The average Bonchev–Trinajstić information content (AvgIpc) is 2.96. The Kier molecular flexibility index (Phi) is 2.24. The maximum Gasteiger partial charge on any atom is 0.136 e. The molecule has 0 radical (unpaired) electrons. The lowest BCUT2D eigenvalue weighted by atomic mass is 9.92. The molecule has 4 nitrogen and oxygen atoms in total. The second-order valence-corrected chi connectivity index (χ2v) is 4.90. The molecule has 1 aromatic heterocycles. The molecule has 1 saturated carbocycles. The fourth-order valence-corrected chi connectivity index (χ4v) is 2.54. The summed E-state index contributed by atoms with van der Waals surface area (Å²) in [5, 5.41) is 11.9. The highest BCUT2D eigenvalue weighted by molar-refractivity contribution is 5.03. The third kappa shape index (κ3) is 1.78. The summed E-state index contributed by atoms with van der Waals surface area (Å²) in [7, 11) is 0. The molecule has 1 aromatic rings. The van der Waals surface area contributed by atoms with Crippen LogP contribution in [-0.2, 0) is 0 Å². The van der Waals surface area contributed by atoms with Crippen molar-refractivity contribution in [2.24, 2.45) is 0 Å². The van der Waals surface area contributed by atoms with Crippen molar-refractivity contribution in [3.63, 3.8) is 0 Å². The van der Waals surface area contributed by atoms with Gasteiger partial charge in [-0.05, 0) is 39.2 Å². The van der Waals surface area contributed by atoms with Gasteiger partial charge in [-0.1, -0.05) is 0 Å². The van der Waals surface area contributed by atoms with Gasteiger partial charge in [0.25, 0.3) is 0 Å². The Morgan fingerprint density at radius 2 is 2.27 bits per heavy atom. The summed E-state index contributed by atoms with van der Waals surface area (Å²) in [5.74, 6) is 1.84. The fourth-order valence-electron chi connectivity index (χ4n) is 2.54. The minimum atomic E-state index is 0.615. The van der Waals surface area contributed by atoms with E-state index in [-0.39, 0.29) is 0 Å². The van der Waals surface area contributed by atoms with Gasteiger partial charge in [0, 0.05) is 18.0 Å². The number of piperidine rings is 1. The van der Waals surface area contributed by atoms with Gasteiger partial charge in [-0.15, -0.1) is 10.2 Å². The van der Waals surface area contributed by atoms with Crippen molar-refractivity contribution >= 4 is 0 Å². The van der Waals surface area contributed by atoms with E-state index >= 15 is 0 Å². The lowest BCUT2D eigenvalue weighted by Crippen LogP contribution is -2.35. The van der Waals surface area contributed by atoms with Crippen molar-refractivity contribution in [3.8, 4) is 0 Å². The molecule has 2 unspecified atom stereocenters. The zero-order chi connectivity index (χ0) is 10.3. The van der Waals surface area contributed by atoms with Gasteiger partial charge in [0.15, 0.2) is 0 Å². The van der Waals surface area contributed by atoms with Gasteiger partial charge in [-0.2, -0.15) is 0 Å². The lowest BCUT2D eigenvalue weighted by molar-refractivity contribution is 0.363. The van der Waals surface area contributed by atoms with E-state index in [0.717, 1.165) is 6.54 Å². The van der Waals surface area contributed by atoms with Crippen LogP contribution in [0, 0.1) is 0 Å². The highest BCUT2D eigenvalue weighted by atomic mass is 15.3. The summed E-state index contributed by atoms with van der Waals surface area (Å²) < 4.78 is 2.31. The summed E-state index contributed by atoms with van der Waals surface area (Å²) >= 11 is 0. The maximum absolute atomic E-state index is 4.32. The van der Waals surface area contributed by atoms with Gasteiger partial charge in [0.2, 0.25) is 0 Å². The highest BCUT2D eigenvalue weighted by Crippen LogP contribution is 2.38. The molecule has 1 saturated heterocycles. The molecule has 3 rings (SSSR count). The normalized spacial score (nSPS) is 31.8. The van der Waals surface area contributed by atoms with E-state index in [1.54, 1.807) is 0 Å². The maximum atomic E-state index is 4.32. The van der Waals surface area contributed by atoms with Gasteiger partial charge in [0.1, 0.15) is 12.2 Å². The summed E-state index contributed by atoms with van der Waals surface area (Å²) in [4.78, 5) is 0. The third-order valence-corrected chi connectivity index (χ3v) is 3.53. The SMILES string of the molecule is CC1CC(c2nncn2C2CC2)CCN1. The van der Waals surface area contributed by atoms with Crippen LogP contribution in [0.3, 0.4) is 0 Å². The van der Waals surface area contributed by atoms with Crippen LogP contribution in [0.4, 0.5) is 0 Å². The van der Waals surface area contributed by atoms with Crippen LogP contribution in [0.5, 0.6) is 0 Å². The molecule has 0 bridgehead atoms. The zero-order valence-corrected chi connectivity index (χ0v) is 9.19. The van der Waals surface area contributed by atoms with E-state index in [1.807, 2.05) is 6.33 Å². The predicted molar refractivity (Wildman–Crippen MR) is 57.7 cm³/mol. The lowest BCUT2D eigenvalue weighted by Gasteiger charge is -2.27. The van der Waals surface area contributed by atoms with Gasteiger partial charge in [-0.3, -0.25) is 0 Å². The Bertz CT molecular complexity index is 342. The highest BCUT2D eigenvalue weighted by Gasteiger charge is 2.30. The van der Waals surface area contributed by atoms with Crippen LogP contribution in [-0.4, -0.2) is 27.4 Å². The molecular weight excluding hydrogens is 188 g/mol. The number of aromatic nitrogens is 3. The first-order valence-corrected chi connectivity index (χ1v) is 5.97. The summed E-state index contributed by atoms with van der Waals surface area (Å²) in [6, 6.07) is 1.33. The Morgan fingerprint density at radius 3 is 3.00 bits per heavy atom. The Morgan fingerprint density at radius 1 is 1.40 bits per heavy atom. The number of hydrogen-bond donors (Lipinski definition) is 1. The van der Waals surface area contributed by atoms with Gasteiger partial charge < -0.3 is 9.88 Å². The molecule has 1 N–H and O–H groups in total. The first kappa shape index (κ1) is 9.33. The van der Waals surface area contributed by atoms with Crippen LogP contribution in [0.2, 0.25) is 0 Å². The molecule has 1 aliphatic carbocycles. The molecule has 2 fully saturated rings. The van der Waals surface area contributed by atoms with E-state index in [4.69, 9.17) is 0 Å². The smallest absolute Gasteiger partial charge is 0.136 e. The monoisotopic (exact) mass is 206 g/mol. The summed E-state index contributed by atoms with van der Waals surface area (Å²) in [6.07, 6.45) is 6.94. The molecule has 0 spiro atoms. The van der Waals surface area contributed by atoms with Crippen LogP contribution in [0.1, 0.15) is 50.4 Å². The van der Waals surface area contributed by atoms with E-state index in [2.05, 4.69) is 27.0 Å². The van der Waals surface area contributed by atoms with Crippen LogP contribution >= 0.6 is 0 Å². The third-order valence-electron chi connectivity index (χ3n) is 3.53. The van der Waals surface area contributed by atoms with Crippen molar-refractivity contribution in [2.75, 3.05) is 6.54 Å². The van der Waals surface area contributed by atoms with E-state index < -0.39 is 0 Å². The molecule has 4 heteroatoms. The number of nitrogens with zero attached hydrogens (tertiary/aromatic N) is 3. The Hall–Kier alpha value is -0.900. The number of rotatable bonds is 2. The van der Waals surface area contributed by atoms with Crippen LogP contribution in [0.15, 0.2) is 6.33 Å². The minimum Gasteiger partial charge on any atom is -0.314 e. The van der Waals surface area contributed by atoms with Gasteiger partial charge >= 0.3 is 0 Å². The minimum absolute atomic E-state index is 0.615. The van der Waals surface area contributed by atoms with E-state index in [9.17, 15) is 0 Å². The van der Waals surface area contributed by atoms with Crippen LogP contribution in [0.25, 0.3) is 0 Å². The molecule has 82 valence electrons. The van der Waals surface area contributed by atoms with Gasteiger partial charge in [-0.25, -0.2) is 0 Å². The fraction of sp³-hybridized carbons (Fsp3) is 0.818. The predicted octanol–water partition coefficient (Wildman–Crippen LogP) is 1.47. The molecule has 15 heavy (non-hydrogen) atoms. The number of hydrogen-bond acceptors (Lipinski definition) is 3. The van der Waals surface area contributed by atoms with Crippen LogP contribution < -0.4 is 5.32 Å². The molecule has 2 aliphatic rings. The van der Waals surface area contributed by atoms with Gasteiger partial charge in [0.05, 0.1) is 0 Å². The zero-order valence-electron chi connectivity index (χ0n) is 9.19. The molecule has 2 heterocycles. The largest absolute Gasteiger partial charge is 0.314 e. The topological polar surface area (TPSA) is 42.7 Å². The molecule has 0 aromatic carbocycles. The Labute approximate surface area is 90.1 Å². The standard InChI is InChI=1S/C11H18N4/c1-8-6-9(4-5-12-8)11-14-13-7-15(11)10-2-3-10/h7-10,12H,2-6H2,1H3. The summed E-state index contributed by atoms with van der Waals surface area (Å²) in [6.45, 7) is 3.37. The van der Waals surface area contributed by atoms with Crippen molar-refractivity contribution in [2.45, 2.75) is 50.6 Å². The first-order chi connectivity index (χ1) is 7.34. The number of nitrogens with one attached hydrogen (secondary N) is 1. The molecule has 0 amide bonds. The average molecular weight is 206 g/mol. The van der Waals surface area contributed by atoms with Crippen molar-refractivity contribution in [1.29, 1.82) is 0 Å². The molecule has 1 aliphatic heterocycles. The quantitative estimate of drug-likeness (QED) is 0.796. The second kappa shape index (κ2) is 3.59. The molecular formula is C11H18N4. The second-order valence-electron chi connectivity index (χ2n) is 4.90. The van der Waals surface area contributed by atoms with Crippen molar-refractivity contribution in [1.82, 2.24) is 20.1 Å². The van der Waals surface area contributed by atoms with Crippen molar-refractivity contribution < 1.29 is 0 Å². The van der Waals surface area contributed by atoms with E-state index in [0.29, 0.717) is 18.0 Å². The molecule has 2 atom stereocenters. The van der Waals surface area contributed by atoms with E-state index in [1.165, 1.54) is 31.5 Å². The summed E-state index contributed by atoms with van der Waals surface area (Å²) in [5.41, 5.74) is 0.